The van der Waals surface area contributed by atoms with Gasteiger partial charge in [0.15, 0.2) is 6.10 Å². The van der Waals surface area contributed by atoms with Gasteiger partial charge in [-0.3, -0.25) is 23.4 Å². The summed E-state index contributed by atoms with van der Waals surface area (Å²) >= 11 is 0. The summed E-state index contributed by atoms with van der Waals surface area (Å²) in [4.78, 5) is 48.4. The molecule has 11 nitrogen and oxygen atoms in total. The van der Waals surface area contributed by atoms with Crippen LogP contribution in [0.2, 0.25) is 0 Å². The Balaban J connectivity index is 4.87. The number of aliphatic hydroxyl groups is 1. The zero-order valence-corrected chi connectivity index (χ0v) is 45.7. The van der Waals surface area contributed by atoms with E-state index in [9.17, 15) is 28.9 Å². The number of allylic oxidation sites excluding steroid dienone is 20. The topological polar surface area (TPSA) is 155 Å². The predicted octanol–water partition coefficient (Wildman–Crippen LogP) is 16.0. The fraction of sp³-hybridized carbons (Fsp3) is 0.617. The molecule has 408 valence electrons. The Hall–Kier alpha value is -4.12. The van der Waals surface area contributed by atoms with Gasteiger partial charge in [-0.05, 0) is 122 Å². The van der Waals surface area contributed by atoms with Gasteiger partial charge in [-0.25, -0.2) is 4.57 Å². The fourth-order valence-electron chi connectivity index (χ4n) is 6.73. The highest BCUT2D eigenvalue weighted by molar-refractivity contribution is 7.47. The largest absolute Gasteiger partial charge is 0.472 e. The molecule has 0 saturated heterocycles. The molecule has 0 aromatic heterocycles. The first-order valence-electron chi connectivity index (χ1n) is 27.4. The maximum Gasteiger partial charge on any atom is 0.472 e. The Bertz CT molecular complexity index is 1670. The minimum atomic E-state index is -4.77. The van der Waals surface area contributed by atoms with E-state index in [1.54, 1.807) is 0 Å². The molecule has 72 heavy (non-hydrogen) atoms. The molecule has 0 rings (SSSR count). The molecule has 0 fully saturated rings. The SMILES string of the molecule is CC/C=C\C/C=C\C/C=C\C/C=C\CCCCCCC(=O)OC(COC(=O)CCCC/C=C\C/C=C\C/C=C\C/C=C\CC)COP(=O)(O)OCC(CO)OC(=O)CCCCCCC/C=C\C/C=C\CCC. The summed E-state index contributed by atoms with van der Waals surface area (Å²) in [5, 5.41) is 9.79. The maximum atomic E-state index is 12.9. The summed E-state index contributed by atoms with van der Waals surface area (Å²) in [7, 11) is -4.77. The summed E-state index contributed by atoms with van der Waals surface area (Å²) in [6.45, 7) is 4.23. The lowest BCUT2D eigenvalue weighted by Gasteiger charge is -2.21. The third-order valence-electron chi connectivity index (χ3n) is 10.8. The van der Waals surface area contributed by atoms with Crippen molar-refractivity contribution < 1.29 is 52.2 Å². The van der Waals surface area contributed by atoms with Crippen molar-refractivity contribution in [2.75, 3.05) is 26.4 Å². The van der Waals surface area contributed by atoms with Gasteiger partial charge in [0.1, 0.15) is 12.7 Å². The number of hydrogen-bond donors (Lipinski definition) is 2. The molecular weight excluding hydrogens is 928 g/mol. The summed E-state index contributed by atoms with van der Waals surface area (Å²) in [5.41, 5.74) is 0. The number of carbonyl (C=O) groups is 3. The van der Waals surface area contributed by atoms with Gasteiger partial charge < -0.3 is 24.2 Å². The summed E-state index contributed by atoms with van der Waals surface area (Å²) in [6.07, 6.45) is 64.5. The Morgan fingerprint density at radius 2 is 0.722 bits per heavy atom. The number of rotatable bonds is 49. The highest BCUT2D eigenvalue weighted by Gasteiger charge is 2.28. The average Bonchev–Trinajstić information content (AvgIpc) is 3.37. The Morgan fingerprint density at radius 1 is 0.403 bits per heavy atom. The highest BCUT2D eigenvalue weighted by atomic mass is 31.2. The number of unbranched alkanes of at least 4 members (excludes halogenated alkanes) is 12. The van der Waals surface area contributed by atoms with Gasteiger partial charge >= 0.3 is 25.7 Å². The third-order valence-corrected chi connectivity index (χ3v) is 11.8. The van der Waals surface area contributed by atoms with Crippen molar-refractivity contribution in [3.63, 3.8) is 0 Å². The normalized spacial score (nSPS) is 14.3. The van der Waals surface area contributed by atoms with E-state index in [1.165, 1.54) is 0 Å². The van der Waals surface area contributed by atoms with Crippen LogP contribution >= 0.6 is 7.82 Å². The van der Waals surface area contributed by atoms with Crippen LogP contribution in [-0.4, -0.2) is 66.5 Å². The summed E-state index contributed by atoms with van der Waals surface area (Å²) in [6, 6.07) is 0. The van der Waals surface area contributed by atoms with E-state index in [1.807, 2.05) is 0 Å². The fourth-order valence-corrected chi connectivity index (χ4v) is 7.51. The molecular formula is C60H97O11P. The maximum absolute atomic E-state index is 12.9. The van der Waals surface area contributed by atoms with Crippen LogP contribution in [0.25, 0.3) is 0 Å². The van der Waals surface area contributed by atoms with Crippen LogP contribution in [0.15, 0.2) is 122 Å². The third kappa shape index (κ3) is 50.8. The van der Waals surface area contributed by atoms with Crippen LogP contribution in [0.4, 0.5) is 0 Å². The molecule has 0 heterocycles. The molecule has 0 aromatic rings. The molecule has 0 radical (unpaired) electrons. The van der Waals surface area contributed by atoms with Crippen molar-refractivity contribution in [2.45, 2.75) is 213 Å². The van der Waals surface area contributed by atoms with Gasteiger partial charge in [0.2, 0.25) is 0 Å². The lowest BCUT2D eigenvalue weighted by Crippen LogP contribution is -2.30. The standard InChI is InChI=1S/C60H97O11P/c1-4-7-10-13-16-19-22-25-27-28-30-33-36-39-42-45-48-51-60(64)71-57(53-67-58(62)49-46-43-40-37-34-32-29-26-23-20-17-14-11-8-5-2)55-69-72(65,66)68-54-56(52-61)70-59(63)50-47-44-41-38-35-31-24-21-18-15-12-9-6-3/h7-8,10-12,15-17,19-21,24-27,29-30,33-34,37,56-57,61H,4-6,9,13-14,18,22-23,28,31-32,35-36,38-55H2,1-3H3,(H,65,66)/b10-7-,11-8-,15-12-,19-16-,20-17-,24-21-,27-25-,29-26-,33-30-,37-34-. The first-order valence-corrected chi connectivity index (χ1v) is 28.9. The van der Waals surface area contributed by atoms with E-state index in [-0.39, 0.29) is 25.9 Å². The number of aliphatic hydroxyl groups excluding tert-OH is 1. The second-order valence-corrected chi connectivity index (χ2v) is 19.1. The molecule has 0 aliphatic rings. The summed E-state index contributed by atoms with van der Waals surface area (Å²) in [5.74, 6) is -1.57. The molecule has 3 unspecified atom stereocenters. The number of esters is 3. The van der Waals surface area contributed by atoms with Crippen LogP contribution in [0.3, 0.4) is 0 Å². The molecule has 0 saturated carbocycles. The van der Waals surface area contributed by atoms with Crippen molar-refractivity contribution in [3.05, 3.63) is 122 Å². The molecule has 3 atom stereocenters. The molecule has 0 spiro atoms. The minimum Gasteiger partial charge on any atom is -0.462 e. The van der Waals surface area contributed by atoms with Gasteiger partial charge in [-0.2, -0.15) is 0 Å². The second-order valence-electron chi connectivity index (χ2n) is 17.6. The van der Waals surface area contributed by atoms with Crippen LogP contribution in [0.5, 0.6) is 0 Å². The Kier molecular flexibility index (Phi) is 50.1. The van der Waals surface area contributed by atoms with Gasteiger partial charge in [0.05, 0.1) is 19.8 Å². The molecule has 12 heteroatoms. The van der Waals surface area contributed by atoms with E-state index in [0.29, 0.717) is 19.3 Å². The first-order chi connectivity index (χ1) is 35.2. The van der Waals surface area contributed by atoms with Crippen LogP contribution in [-0.2, 0) is 42.2 Å². The van der Waals surface area contributed by atoms with Gasteiger partial charge in [-0.15, -0.1) is 0 Å². The van der Waals surface area contributed by atoms with E-state index in [4.69, 9.17) is 23.3 Å². The van der Waals surface area contributed by atoms with Crippen molar-refractivity contribution in [1.29, 1.82) is 0 Å². The second kappa shape index (κ2) is 53.2. The Labute approximate surface area is 437 Å². The minimum absolute atomic E-state index is 0.123. The molecule has 2 N–H and O–H groups in total. The van der Waals surface area contributed by atoms with Gasteiger partial charge in [0, 0.05) is 19.3 Å². The van der Waals surface area contributed by atoms with E-state index < -0.39 is 57.8 Å². The molecule has 0 amide bonds. The molecule has 0 aliphatic heterocycles. The van der Waals surface area contributed by atoms with Crippen LogP contribution in [0.1, 0.15) is 201 Å². The van der Waals surface area contributed by atoms with Crippen LogP contribution < -0.4 is 0 Å². The lowest BCUT2D eigenvalue weighted by molar-refractivity contribution is -0.161. The number of hydrogen-bond acceptors (Lipinski definition) is 10. The van der Waals surface area contributed by atoms with E-state index >= 15 is 0 Å². The highest BCUT2D eigenvalue weighted by Crippen LogP contribution is 2.43. The van der Waals surface area contributed by atoms with Crippen molar-refractivity contribution in [1.82, 2.24) is 0 Å². The monoisotopic (exact) mass is 1020 g/mol. The van der Waals surface area contributed by atoms with Gasteiger partial charge in [-0.1, -0.05) is 181 Å². The molecule has 0 bridgehead atoms. The quantitative estimate of drug-likeness (QED) is 0.0197. The zero-order valence-electron chi connectivity index (χ0n) is 44.8. The van der Waals surface area contributed by atoms with Crippen molar-refractivity contribution >= 4 is 25.7 Å². The van der Waals surface area contributed by atoms with Crippen molar-refractivity contribution in [3.8, 4) is 0 Å². The van der Waals surface area contributed by atoms with Crippen molar-refractivity contribution in [2.24, 2.45) is 0 Å². The van der Waals surface area contributed by atoms with Gasteiger partial charge in [0.25, 0.3) is 0 Å². The smallest absolute Gasteiger partial charge is 0.462 e. The zero-order chi connectivity index (χ0) is 52.7. The molecule has 0 aliphatic carbocycles. The van der Waals surface area contributed by atoms with Crippen LogP contribution in [0, 0.1) is 0 Å². The number of ether oxygens (including phenoxy) is 3. The summed E-state index contributed by atoms with van der Waals surface area (Å²) < 4.78 is 39.4. The number of carbonyl (C=O) groups excluding carboxylic acids is 3. The van der Waals surface area contributed by atoms with E-state index in [0.717, 1.165) is 141 Å². The number of phosphoric acid groups is 1. The lowest BCUT2D eigenvalue weighted by atomic mass is 10.1. The van der Waals surface area contributed by atoms with E-state index in [2.05, 4.69) is 142 Å². The first kappa shape index (κ1) is 67.9. The number of phosphoric ester groups is 1. The molecule has 0 aromatic carbocycles. The average molecular weight is 1030 g/mol. The predicted molar refractivity (Wildman–Crippen MR) is 297 cm³/mol. The Morgan fingerprint density at radius 3 is 1.14 bits per heavy atom.